The Bertz CT molecular complexity index is 611. The molecule has 2 rings (SSSR count). The molecule has 1 aromatic heterocycles. The molecule has 1 aliphatic rings. The van der Waals surface area contributed by atoms with Crippen LogP contribution in [0.5, 0.6) is 0 Å². The van der Waals surface area contributed by atoms with Crippen LogP contribution in [0.3, 0.4) is 0 Å². The number of hydrogen-bond acceptors (Lipinski definition) is 6. The van der Waals surface area contributed by atoms with Crippen molar-refractivity contribution < 1.29 is 4.79 Å². The van der Waals surface area contributed by atoms with E-state index in [-0.39, 0.29) is 11.9 Å². The van der Waals surface area contributed by atoms with E-state index in [4.69, 9.17) is 0 Å². The van der Waals surface area contributed by atoms with Gasteiger partial charge < -0.3 is 20.4 Å². The third-order valence-electron chi connectivity index (χ3n) is 4.58. The Labute approximate surface area is 166 Å². The van der Waals surface area contributed by atoms with E-state index in [9.17, 15) is 4.79 Å². The number of nitrogens with one attached hydrogen (secondary N) is 2. The molecule has 0 aromatic carbocycles. The van der Waals surface area contributed by atoms with Crippen molar-refractivity contribution in [1.29, 1.82) is 0 Å². The summed E-state index contributed by atoms with van der Waals surface area (Å²) in [6.07, 6.45) is 2.23. The summed E-state index contributed by atoms with van der Waals surface area (Å²) in [5.41, 5.74) is 0. The highest BCUT2D eigenvalue weighted by Crippen LogP contribution is 2.19. The number of amides is 1. The number of hydrogen-bond donors (Lipinski definition) is 2. The summed E-state index contributed by atoms with van der Waals surface area (Å²) in [7, 11) is 0. The second kappa shape index (κ2) is 11.1. The fraction of sp³-hybridized carbons (Fsp3) is 0.778. The van der Waals surface area contributed by atoms with Crippen LogP contribution in [-0.4, -0.2) is 71.4 Å². The van der Waals surface area contributed by atoms with Gasteiger partial charge in [0.1, 0.15) is 5.82 Å². The number of guanidine groups is 1. The van der Waals surface area contributed by atoms with E-state index in [0.717, 1.165) is 62.5 Å². The van der Waals surface area contributed by atoms with Crippen molar-refractivity contribution in [2.24, 2.45) is 4.99 Å². The van der Waals surface area contributed by atoms with Gasteiger partial charge in [0.05, 0.1) is 6.54 Å². The summed E-state index contributed by atoms with van der Waals surface area (Å²) in [6.45, 7) is 13.1. The normalized spacial score (nSPS) is 16.4. The van der Waals surface area contributed by atoms with Crippen molar-refractivity contribution in [3.05, 3.63) is 5.82 Å². The molecule has 0 saturated carbocycles. The molecule has 8 nitrogen and oxygen atoms in total. The Hall–Kier alpha value is -1.90. The molecule has 2 heterocycles. The Morgan fingerprint density at radius 2 is 2.00 bits per heavy atom. The number of piperazine rings is 1. The van der Waals surface area contributed by atoms with Crippen LogP contribution in [0, 0.1) is 0 Å². The zero-order valence-electron chi connectivity index (χ0n) is 17.0. The third kappa shape index (κ3) is 6.64. The van der Waals surface area contributed by atoms with Crippen molar-refractivity contribution in [3.8, 4) is 0 Å². The maximum Gasteiger partial charge on any atom is 0.222 e. The van der Waals surface area contributed by atoms with Crippen molar-refractivity contribution in [3.63, 3.8) is 0 Å². The fourth-order valence-corrected chi connectivity index (χ4v) is 3.57. The number of nitrogens with zero attached hydrogens (tertiary/aromatic N) is 5. The van der Waals surface area contributed by atoms with Gasteiger partial charge in [-0.3, -0.25) is 9.79 Å². The zero-order chi connectivity index (χ0) is 19.6. The monoisotopic (exact) mass is 395 g/mol. The molecule has 1 amide bonds. The Morgan fingerprint density at radius 1 is 1.26 bits per heavy atom. The Balaban J connectivity index is 1.85. The van der Waals surface area contributed by atoms with E-state index >= 15 is 0 Å². The summed E-state index contributed by atoms with van der Waals surface area (Å²) in [6, 6.07) is 0.219. The first-order valence-corrected chi connectivity index (χ1v) is 10.7. The highest BCUT2D eigenvalue weighted by atomic mass is 32.1. The van der Waals surface area contributed by atoms with Gasteiger partial charge in [-0.1, -0.05) is 13.8 Å². The molecule has 1 unspecified atom stereocenters. The molecule has 1 atom stereocenters. The first-order chi connectivity index (χ1) is 13.1. The van der Waals surface area contributed by atoms with Crippen molar-refractivity contribution in [2.45, 2.75) is 53.0 Å². The highest BCUT2D eigenvalue weighted by molar-refractivity contribution is 7.09. The molecule has 1 aliphatic heterocycles. The van der Waals surface area contributed by atoms with Crippen molar-refractivity contribution >= 4 is 28.5 Å². The molecule has 27 heavy (non-hydrogen) atoms. The maximum absolute atomic E-state index is 11.9. The zero-order valence-corrected chi connectivity index (χ0v) is 17.8. The van der Waals surface area contributed by atoms with Crippen molar-refractivity contribution in [2.75, 3.05) is 44.2 Å². The summed E-state index contributed by atoms with van der Waals surface area (Å²) >= 11 is 1.48. The van der Waals surface area contributed by atoms with Crippen LogP contribution >= 0.6 is 11.5 Å². The molecule has 1 fully saturated rings. The van der Waals surface area contributed by atoms with Crippen LogP contribution in [0.4, 0.5) is 5.13 Å². The number of carbonyl (C=O) groups is 1. The lowest BCUT2D eigenvalue weighted by molar-refractivity contribution is -0.121. The minimum Gasteiger partial charge on any atom is -0.357 e. The number of anilines is 1. The molecule has 2 N–H and O–H groups in total. The van der Waals surface area contributed by atoms with Crippen LogP contribution in [0.2, 0.25) is 0 Å². The van der Waals surface area contributed by atoms with E-state index in [1.807, 2.05) is 6.92 Å². The van der Waals surface area contributed by atoms with Crippen LogP contribution in [-0.2, 0) is 11.2 Å². The van der Waals surface area contributed by atoms with Gasteiger partial charge in [0.15, 0.2) is 5.96 Å². The van der Waals surface area contributed by atoms with Crippen molar-refractivity contribution in [1.82, 2.24) is 24.9 Å². The van der Waals surface area contributed by atoms with Gasteiger partial charge in [0, 0.05) is 63.1 Å². The van der Waals surface area contributed by atoms with E-state index in [1.165, 1.54) is 11.5 Å². The Kier molecular flexibility index (Phi) is 8.77. The van der Waals surface area contributed by atoms with E-state index in [1.54, 1.807) is 0 Å². The van der Waals surface area contributed by atoms with Crippen LogP contribution in [0.25, 0.3) is 0 Å². The number of aliphatic imine (C=N–C) groups is 1. The lowest BCUT2D eigenvalue weighted by Crippen LogP contribution is -2.52. The fourth-order valence-electron chi connectivity index (χ4n) is 2.76. The van der Waals surface area contributed by atoms with Crippen LogP contribution < -0.4 is 15.5 Å². The third-order valence-corrected chi connectivity index (χ3v) is 5.39. The minimum atomic E-state index is 0.0664. The molecule has 1 saturated heterocycles. The first kappa shape index (κ1) is 21.4. The molecule has 0 aliphatic carbocycles. The predicted molar refractivity (Wildman–Crippen MR) is 112 cm³/mol. The van der Waals surface area contributed by atoms with Crippen LogP contribution in [0.1, 0.15) is 46.4 Å². The number of aryl methyl sites for hydroxylation is 1. The molecule has 9 heteroatoms. The quantitative estimate of drug-likeness (QED) is 0.512. The second-order valence-electron chi connectivity index (χ2n) is 6.68. The molecular formula is C18H33N7OS. The van der Waals surface area contributed by atoms with E-state index < -0.39 is 0 Å². The number of aromatic nitrogens is 2. The van der Waals surface area contributed by atoms with E-state index in [2.05, 4.69) is 55.6 Å². The second-order valence-corrected chi connectivity index (χ2v) is 7.41. The smallest absolute Gasteiger partial charge is 0.222 e. The molecular weight excluding hydrogens is 362 g/mol. The van der Waals surface area contributed by atoms with Gasteiger partial charge in [-0.25, -0.2) is 4.98 Å². The summed E-state index contributed by atoms with van der Waals surface area (Å²) in [4.78, 5) is 25.7. The van der Waals surface area contributed by atoms with Gasteiger partial charge in [0.2, 0.25) is 11.0 Å². The van der Waals surface area contributed by atoms with Gasteiger partial charge >= 0.3 is 0 Å². The average molecular weight is 396 g/mol. The molecule has 152 valence electrons. The first-order valence-electron chi connectivity index (χ1n) is 9.97. The van der Waals surface area contributed by atoms with E-state index in [0.29, 0.717) is 13.0 Å². The van der Waals surface area contributed by atoms with Gasteiger partial charge in [-0.2, -0.15) is 4.37 Å². The molecule has 0 spiro atoms. The van der Waals surface area contributed by atoms with Gasteiger partial charge in [0.25, 0.3) is 0 Å². The number of rotatable bonds is 8. The highest BCUT2D eigenvalue weighted by Gasteiger charge is 2.22. The Morgan fingerprint density at radius 3 is 2.59 bits per heavy atom. The maximum atomic E-state index is 11.9. The molecule has 1 aromatic rings. The van der Waals surface area contributed by atoms with Crippen LogP contribution in [0.15, 0.2) is 4.99 Å². The molecule has 0 radical (unpaired) electrons. The lowest BCUT2D eigenvalue weighted by atomic mass is 10.2. The topological polar surface area (TPSA) is 85.8 Å². The summed E-state index contributed by atoms with van der Waals surface area (Å²) in [5, 5.41) is 7.34. The number of carbonyl (C=O) groups excluding carboxylic acids is 1. The molecule has 0 bridgehead atoms. The summed E-state index contributed by atoms with van der Waals surface area (Å²) in [5.74, 6) is 1.87. The van der Waals surface area contributed by atoms with Gasteiger partial charge in [-0.15, -0.1) is 0 Å². The summed E-state index contributed by atoms with van der Waals surface area (Å²) < 4.78 is 4.38. The SMILES string of the molecule is CCNC(=NCCC(=O)NC(C)CC)N1CCN(c2nc(CC)ns2)CC1. The predicted octanol–water partition coefficient (Wildman–Crippen LogP) is 1.49. The minimum absolute atomic E-state index is 0.0664. The standard InChI is InChI=1S/C18H33N7OS/c1-5-14(4)21-16(26)8-9-20-17(19-7-3)24-10-12-25(13-11-24)18-22-15(6-2)23-27-18/h14H,5-13H2,1-4H3,(H,19,20)(H,21,26). The van der Waals surface area contributed by atoms with Gasteiger partial charge in [-0.05, 0) is 20.3 Å². The largest absolute Gasteiger partial charge is 0.357 e. The lowest BCUT2D eigenvalue weighted by Gasteiger charge is -2.36. The average Bonchev–Trinajstić information content (AvgIpc) is 3.16.